The predicted octanol–water partition coefficient (Wildman–Crippen LogP) is 0.702. The van der Waals surface area contributed by atoms with Gasteiger partial charge in [0.05, 0.1) is 13.1 Å². The number of carboxylic acids is 2. The largest absolute Gasteiger partial charge is 0.480 e. The number of benzene rings is 1. The minimum absolute atomic E-state index is 0.0528. The first-order valence-corrected chi connectivity index (χ1v) is 10.6. The van der Waals surface area contributed by atoms with Gasteiger partial charge in [0, 0.05) is 57.4 Å². The Morgan fingerprint density at radius 2 is 1.29 bits per heavy atom. The van der Waals surface area contributed by atoms with Crippen molar-refractivity contribution in [3.05, 3.63) is 35.4 Å². The monoisotopic (exact) mass is 436 g/mol. The number of carbonyl (C=O) groups is 3. The summed E-state index contributed by atoms with van der Waals surface area (Å²) in [6, 6.07) is 7.98. The van der Waals surface area contributed by atoms with Gasteiger partial charge < -0.3 is 15.5 Å². The normalized spacial score (nSPS) is 16.5. The number of nitrogens with zero attached hydrogens (tertiary/aromatic N) is 3. The smallest absolute Gasteiger partial charge is 0.317 e. The van der Waals surface area contributed by atoms with Gasteiger partial charge in [0.25, 0.3) is 0 Å². The van der Waals surface area contributed by atoms with Gasteiger partial charge in [-0.15, -0.1) is 0 Å². The van der Waals surface area contributed by atoms with Crippen molar-refractivity contribution < 1.29 is 24.6 Å². The summed E-state index contributed by atoms with van der Waals surface area (Å²) in [7, 11) is 1.95. The molecule has 31 heavy (non-hydrogen) atoms. The summed E-state index contributed by atoms with van der Waals surface area (Å²) in [6.07, 6.45) is 0.803. The van der Waals surface area contributed by atoms with Crippen LogP contribution >= 0.6 is 0 Å². The highest BCUT2D eigenvalue weighted by molar-refractivity contribution is 5.74. The molecule has 1 heterocycles. The zero-order valence-corrected chi connectivity index (χ0v) is 18.8. The fourth-order valence-corrected chi connectivity index (χ4v) is 3.00. The average molecular weight is 437 g/mol. The molecular formula is C22H36N4O5. The Hall–Kier alpha value is -2.33. The third kappa shape index (κ3) is 12.2. The molecule has 1 aromatic carbocycles. The van der Waals surface area contributed by atoms with Crippen molar-refractivity contribution in [3.63, 3.8) is 0 Å². The van der Waals surface area contributed by atoms with Crippen molar-refractivity contribution in [1.82, 2.24) is 20.0 Å². The van der Waals surface area contributed by atoms with Gasteiger partial charge in [-0.3, -0.25) is 29.1 Å². The molecule has 9 heteroatoms. The Bertz CT molecular complexity index is 653. The van der Waals surface area contributed by atoms with E-state index in [1.807, 2.05) is 29.0 Å². The summed E-state index contributed by atoms with van der Waals surface area (Å²) in [5, 5.41) is 21.2. The number of aldehydes is 1. The first-order chi connectivity index (χ1) is 14.7. The maximum atomic E-state index is 11.1. The third-order valence-corrected chi connectivity index (χ3v) is 5.01. The number of carboxylic acid groups (broad SMARTS) is 2. The number of nitrogens with one attached hydrogen (secondary N) is 1. The van der Waals surface area contributed by atoms with Gasteiger partial charge in [0.15, 0.2) is 0 Å². The van der Waals surface area contributed by atoms with Gasteiger partial charge in [-0.25, -0.2) is 0 Å². The standard InChI is InChI=1S/C18H25N3O5.C4H11N/c22-14-16-3-1-15(2-4-16)11-19-5-7-20(12-17(23)24)9-10-21(8-6-19)13-18(25)26;1-4(2)5-3/h1-4,14H,5-13H2,(H,23,24)(H,25,26);4-5H,1-3H3. The Balaban J connectivity index is 0.000000861. The second-order valence-electron chi connectivity index (χ2n) is 7.92. The lowest BCUT2D eigenvalue weighted by atomic mass is 10.1. The van der Waals surface area contributed by atoms with Crippen molar-refractivity contribution in [3.8, 4) is 0 Å². The summed E-state index contributed by atoms with van der Waals surface area (Å²) in [6.45, 7) is 8.46. The minimum atomic E-state index is -0.884. The van der Waals surface area contributed by atoms with Crippen LogP contribution in [0.25, 0.3) is 0 Å². The molecule has 9 nitrogen and oxygen atoms in total. The van der Waals surface area contributed by atoms with Gasteiger partial charge in [-0.1, -0.05) is 38.1 Å². The van der Waals surface area contributed by atoms with E-state index in [4.69, 9.17) is 10.2 Å². The second kappa shape index (κ2) is 14.6. The molecule has 0 spiro atoms. The van der Waals surface area contributed by atoms with Crippen LogP contribution in [0, 0.1) is 0 Å². The van der Waals surface area contributed by atoms with Crippen LogP contribution in [0.5, 0.6) is 0 Å². The Labute approximate surface area is 184 Å². The second-order valence-corrected chi connectivity index (χ2v) is 7.92. The zero-order chi connectivity index (χ0) is 23.2. The average Bonchev–Trinajstić information content (AvgIpc) is 2.80. The quantitative estimate of drug-likeness (QED) is 0.507. The van der Waals surface area contributed by atoms with Crippen molar-refractivity contribution in [2.45, 2.75) is 26.4 Å². The summed E-state index contributed by atoms with van der Waals surface area (Å²) in [4.78, 5) is 38.7. The van der Waals surface area contributed by atoms with E-state index >= 15 is 0 Å². The molecule has 1 aromatic rings. The Morgan fingerprint density at radius 3 is 1.61 bits per heavy atom. The molecule has 1 saturated heterocycles. The molecule has 1 fully saturated rings. The molecule has 2 rings (SSSR count). The molecule has 3 N–H and O–H groups in total. The van der Waals surface area contributed by atoms with Crippen molar-refractivity contribution in [2.24, 2.45) is 0 Å². The van der Waals surface area contributed by atoms with Crippen molar-refractivity contribution in [1.29, 1.82) is 0 Å². The van der Waals surface area contributed by atoms with E-state index in [2.05, 4.69) is 24.1 Å². The van der Waals surface area contributed by atoms with E-state index in [9.17, 15) is 14.4 Å². The Morgan fingerprint density at radius 1 is 0.903 bits per heavy atom. The maximum Gasteiger partial charge on any atom is 0.317 e. The Kier molecular flexibility index (Phi) is 12.6. The van der Waals surface area contributed by atoms with Crippen LogP contribution < -0.4 is 5.32 Å². The zero-order valence-electron chi connectivity index (χ0n) is 18.8. The fourth-order valence-electron chi connectivity index (χ4n) is 3.00. The van der Waals surface area contributed by atoms with E-state index < -0.39 is 11.9 Å². The van der Waals surface area contributed by atoms with E-state index in [1.54, 1.807) is 12.1 Å². The summed E-state index contributed by atoms with van der Waals surface area (Å²) in [5.41, 5.74) is 1.68. The van der Waals surface area contributed by atoms with Crippen LogP contribution in [0.1, 0.15) is 29.8 Å². The van der Waals surface area contributed by atoms with Crippen LogP contribution in [0.2, 0.25) is 0 Å². The van der Waals surface area contributed by atoms with Crippen LogP contribution in [0.15, 0.2) is 24.3 Å². The minimum Gasteiger partial charge on any atom is -0.480 e. The lowest BCUT2D eigenvalue weighted by Gasteiger charge is -2.25. The summed E-state index contributed by atoms with van der Waals surface area (Å²) < 4.78 is 0. The predicted molar refractivity (Wildman–Crippen MR) is 119 cm³/mol. The lowest BCUT2D eigenvalue weighted by Crippen LogP contribution is -2.40. The topological polar surface area (TPSA) is 113 Å². The molecule has 0 aliphatic carbocycles. The molecule has 0 aromatic heterocycles. The number of carbonyl (C=O) groups excluding carboxylic acids is 1. The highest BCUT2D eigenvalue weighted by atomic mass is 16.4. The van der Waals surface area contributed by atoms with Crippen molar-refractivity contribution >= 4 is 18.2 Å². The van der Waals surface area contributed by atoms with E-state index in [-0.39, 0.29) is 13.1 Å². The molecule has 174 valence electrons. The van der Waals surface area contributed by atoms with Crippen LogP contribution in [0.4, 0.5) is 0 Å². The molecule has 0 amide bonds. The molecule has 0 saturated carbocycles. The summed E-state index contributed by atoms with van der Waals surface area (Å²) >= 11 is 0. The third-order valence-electron chi connectivity index (χ3n) is 5.01. The molecule has 0 bridgehead atoms. The van der Waals surface area contributed by atoms with Gasteiger partial charge >= 0.3 is 11.9 Å². The molecule has 0 radical (unpaired) electrons. The van der Waals surface area contributed by atoms with E-state index in [1.165, 1.54) is 0 Å². The SMILES string of the molecule is CNC(C)C.O=Cc1ccc(CN2CCN(CC(=O)O)CCN(CC(=O)O)CC2)cc1. The van der Waals surface area contributed by atoms with Crippen LogP contribution in [-0.2, 0) is 16.1 Å². The number of aliphatic carboxylic acids is 2. The van der Waals surface area contributed by atoms with Crippen LogP contribution in [-0.4, -0.2) is 109 Å². The van der Waals surface area contributed by atoms with Gasteiger partial charge in [0.1, 0.15) is 6.29 Å². The molecule has 0 atom stereocenters. The van der Waals surface area contributed by atoms with Crippen LogP contribution in [0.3, 0.4) is 0 Å². The first-order valence-electron chi connectivity index (χ1n) is 10.6. The fraction of sp³-hybridized carbons (Fsp3) is 0.591. The number of hydrogen-bond acceptors (Lipinski definition) is 7. The van der Waals surface area contributed by atoms with Gasteiger partial charge in [0.2, 0.25) is 0 Å². The number of rotatable bonds is 8. The molecule has 0 unspecified atom stereocenters. The lowest BCUT2D eigenvalue weighted by molar-refractivity contribution is -0.140. The maximum absolute atomic E-state index is 11.1. The van der Waals surface area contributed by atoms with Gasteiger partial charge in [-0.05, 0) is 12.6 Å². The van der Waals surface area contributed by atoms with E-state index in [0.29, 0.717) is 57.4 Å². The highest BCUT2D eigenvalue weighted by Crippen LogP contribution is 2.08. The van der Waals surface area contributed by atoms with Gasteiger partial charge in [-0.2, -0.15) is 0 Å². The molecule has 1 aliphatic rings. The molecular weight excluding hydrogens is 400 g/mol. The summed E-state index contributed by atoms with van der Waals surface area (Å²) in [5.74, 6) is -1.77. The number of hydrogen-bond donors (Lipinski definition) is 3. The first kappa shape index (κ1) is 26.7. The van der Waals surface area contributed by atoms with E-state index in [0.717, 1.165) is 11.8 Å². The van der Waals surface area contributed by atoms with Crippen molar-refractivity contribution in [2.75, 3.05) is 59.4 Å². The molecule has 1 aliphatic heterocycles. The highest BCUT2D eigenvalue weighted by Gasteiger charge is 2.19.